The second kappa shape index (κ2) is 5.60. The van der Waals surface area contributed by atoms with Crippen molar-refractivity contribution in [3.05, 3.63) is 35.9 Å². The number of carbonyl (C=O) groups is 1. The van der Waals surface area contributed by atoms with Gasteiger partial charge in [0.05, 0.1) is 13.2 Å². The van der Waals surface area contributed by atoms with Gasteiger partial charge in [0.1, 0.15) is 11.0 Å². The molecule has 1 saturated carbocycles. The van der Waals surface area contributed by atoms with Crippen LogP contribution in [-0.4, -0.2) is 42.8 Å². The Morgan fingerprint density at radius 2 is 2.17 bits per heavy atom. The zero-order chi connectivity index (χ0) is 15.9. The molecule has 0 amide bonds. The number of esters is 1. The quantitative estimate of drug-likeness (QED) is 0.633. The van der Waals surface area contributed by atoms with Crippen molar-refractivity contribution in [2.24, 2.45) is 11.3 Å². The number of carbonyl (C=O) groups excluding carboxylic acids is 1. The Kier molecular flexibility index (Phi) is 3.69. The third-order valence-electron chi connectivity index (χ3n) is 5.97. The van der Waals surface area contributed by atoms with Gasteiger partial charge in [0.2, 0.25) is 0 Å². The Bertz CT molecular complexity index is 584. The van der Waals surface area contributed by atoms with Gasteiger partial charge in [-0.3, -0.25) is 9.69 Å². The van der Waals surface area contributed by atoms with Crippen LogP contribution in [0.25, 0.3) is 0 Å². The van der Waals surface area contributed by atoms with Crippen molar-refractivity contribution in [1.82, 2.24) is 4.90 Å². The fourth-order valence-corrected chi connectivity index (χ4v) is 4.86. The molecule has 4 nitrogen and oxygen atoms in total. The summed E-state index contributed by atoms with van der Waals surface area (Å²) in [7, 11) is 0. The molecule has 3 atom stereocenters. The van der Waals surface area contributed by atoms with E-state index in [2.05, 4.69) is 29.2 Å². The summed E-state index contributed by atoms with van der Waals surface area (Å²) in [6.07, 6.45) is 3.16. The topological polar surface area (TPSA) is 42.1 Å². The van der Waals surface area contributed by atoms with Crippen LogP contribution >= 0.6 is 0 Å². The predicted molar refractivity (Wildman–Crippen MR) is 86.8 cm³/mol. The van der Waals surface area contributed by atoms with Gasteiger partial charge in [-0.05, 0) is 25.3 Å². The standard InChI is InChI=1S/C19H25NO3/c1-2-22-17(21)18-10-6-9-16(19(18)14-23-19)12-20(13-18)11-15-7-4-3-5-8-15/h3-5,7-8,16H,2,6,9-14H2,1H3. The van der Waals surface area contributed by atoms with Gasteiger partial charge in [0, 0.05) is 25.6 Å². The maximum atomic E-state index is 12.9. The number of rotatable bonds is 4. The molecule has 4 heteroatoms. The van der Waals surface area contributed by atoms with Crippen molar-refractivity contribution in [2.45, 2.75) is 38.3 Å². The first-order valence-corrected chi connectivity index (χ1v) is 8.78. The summed E-state index contributed by atoms with van der Waals surface area (Å²) in [5.74, 6) is 0.415. The molecule has 124 valence electrons. The minimum atomic E-state index is -0.459. The smallest absolute Gasteiger partial charge is 0.316 e. The Morgan fingerprint density at radius 1 is 1.39 bits per heavy atom. The molecule has 2 bridgehead atoms. The van der Waals surface area contributed by atoms with Crippen LogP contribution in [-0.2, 0) is 20.8 Å². The van der Waals surface area contributed by atoms with E-state index in [0.29, 0.717) is 12.5 Å². The molecule has 0 radical (unpaired) electrons. The summed E-state index contributed by atoms with van der Waals surface area (Å²) >= 11 is 0. The number of nitrogens with zero attached hydrogens (tertiary/aromatic N) is 1. The van der Waals surface area contributed by atoms with E-state index < -0.39 is 5.41 Å². The number of piperidine rings is 1. The molecule has 0 N–H and O–H groups in total. The van der Waals surface area contributed by atoms with Crippen LogP contribution in [0.4, 0.5) is 0 Å². The van der Waals surface area contributed by atoms with Crippen molar-refractivity contribution >= 4 is 5.97 Å². The monoisotopic (exact) mass is 315 g/mol. The Labute approximate surface area is 137 Å². The third kappa shape index (κ3) is 2.31. The number of epoxide rings is 1. The van der Waals surface area contributed by atoms with Gasteiger partial charge in [0.25, 0.3) is 0 Å². The van der Waals surface area contributed by atoms with E-state index in [1.54, 1.807) is 0 Å². The molecule has 2 aliphatic heterocycles. The van der Waals surface area contributed by atoms with E-state index >= 15 is 0 Å². The molecule has 1 aliphatic carbocycles. The van der Waals surface area contributed by atoms with Crippen LogP contribution in [0, 0.1) is 11.3 Å². The fraction of sp³-hybridized carbons (Fsp3) is 0.632. The first kappa shape index (κ1) is 15.2. The second-order valence-electron chi connectivity index (χ2n) is 7.23. The van der Waals surface area contributed by atoms with Gasteiger partial charge < -0.3 is 9.47 Å². The zero-order valence-corrected chi connectivity index (χ0v) is 13.8. The van der Waals surface area contributed by atoms with Gasteiger partial charge in [-0.2, -0.15) is 0 Å². The van der Waals surface area contributed by atoms with Crippen molar-refractivity contribution < 1.29 is 14.3 Å². The number of hydrogen-bond acceptors (Lipinski definition) is 4. The summed E-state index contributed by atoms with van der Waals surface area (Å²) in [5.41, 5.74) is 0.612. The molecule has 23 heavy (non-hydrogen) atoms. The van der Waals surface area contributed by atoms with Gasteiger partial charge in [-0.15, -0.1) is 0 Å². The lowest BCUT2D eigenvalue weighted by Gasteiger charge is -2.52. The first-order valence-electron chi connectivity index (χ1n) is 8.78. The average molecular weight is 315 g/mol. The number of ether oxygens (including phenoxy) is 2. The lowest BCUT2D eigenvalue weighted by molar-refractivity contribution is -0.175. The molecule has 3 unspecified atom stereocenters. The second-order valence-corrected chi connectivity index (χ2v) is 7.23. The summed E-state index contributed by atoms with van der Waals surface area (Å²) in [5, 5.41) is 0. The van der Waals surface area contributed by atoms with Crippen molar-refractivity contribution in [3.63, 3.8) is 0 Å². The average Bonchev–Trinajstić information content (AvgIpc) is 3.31. The molecule has 4 rings (SSSR count). The molecule has 2 saturated heterocycles. The highest BCUT2D eigenvalue weighted by molar-refractivity contribution is 5.80. The van der Waals surface area contributed by atoms with Crippen LogP contribution < -0.4 is 0 Å². The van der Waals surface area contributed by atoms with Gasteiger partial charge in [0.15, 0.2) is 0 Å². The number of benzene rings is 1. The normalized spacial score (nSPS) is 36.0. The molecule has 3 aliphatic rings. The Balaban J connectivity index is 1.61. The molecule has 1 aromatic carbocycles. The molecular weight excluding hydrogens is 290 g/mol. The minimum absolute atomic E-state index is 0.0417. The lowest BCUT2D eigenvalue weighted by Crippen LogP contribution is -2.64. The molecule has 0 aromatic heterocycles. The number of hydrogen-bond donors (Lipinski definition) is 0. The van der Waals surface area contributed by atoms with Crippen molar-refractivity contribution in [1.29, 1.82) is 0 Å². The third-order valence-corrected chi connectivity index (χ3v) is 5.97. The summed E-state index contributed by atoms with van der Waals surface area (Å²) < 4.78 is 11.4. The molecule has 3 fully saturated rings. The molecular formula is C19H25NO3. The maximum Gasteiger partial charge on any atom is 0.316 e. The van der Waals surface area contributed by atoms with Crippen molar-refractivity contribution in [3.8, 4) is 0 Å². The molecule has 2 heterocycles. The largest absolute Gasteiger partial charge is 0.465 e. The van der Waals surface area contributed by atoms with E-state index in [1.807, 2.05) is 13.0 Å². The Morgan fingerprint density at radius 3 is 2.87 bits per heavy atom. The first-order chi connectivity index (χ1) is 11.2. The van der Waals surface area contributed by atoms with Gasteiger partial charge in [-0.25, -0.2) is 0 Å². The number of likely N-dealkylation sites (tertiary alicyclic amines) is 1. The highest BCUT2D eigenvalue weighted by Gasteiger charge is 2.72. The summed E-state index contributed by atoms with van der Waals surface area (Å²) in [6, 6.07) is 10.5. The van der Waals surface area contributed by atoms with Crippen LogP contribution in [0.2, 0.25) is 0 Å². The zero-order valence-electron chi connectivity index (χ0n) is 13.8. The minimum Gasteiger partial charge on any atom is -0.465 e. The lowest BCUT2D eigenvalue weighted by atomic mass is 9.58. The van der Waals surface area contributed by atoms with Gasteiger partial charge in [-0.1, -0.05) is 36.8 Å². The van der Waals surface area contributed by atoms with Crippen LogP contribution in [0.15, 0.2) is 30.3 Å². The molecule has 1 spiro atoms. The SMILES string of the molecule is CCOC(=O)C12CCCC(CN(Cc3ccccc3)C1)C21CO1. The van der Waals surface area contributed by atoms with Crippen molar-refractivity contribution in [2.75, 3.05) is 26.3 Å². The van der Waals surface area contributed by atoms with E-state index in [4.69, 9.17) is 9.47 Å². The highest BCUT2D eigenvalue weighted by atomic mass is 16.6. The highest BCUT2D eigenvalue weighted by Crippen LogP contribution is 2.60. The summed E-state index contributed by atoms with van der Waals surface area (Å²) in [4.78, 5) is 15.3. The van der Waals surface area contributed by atoms with Crippen LogP contribution in [0.5, 0.6) is 0 Å². The van der Waals surface area contributed by atoms with Crippen LogP contribution in [0.3, 0.4) is 0 Å². The maximum absolute atomic E-state index is 12.9. The Hall–Kier alpha value is -1.39. The van der Waals surface area contributed by atoms with E-state index in [0.717, 1.165) is 45.5 Å². The van der Waals surface area contributed by atoms with Gasteiger partial charge >= 0.3 is 5.97 Å². The fourth-order valence-electron chi connectivity index (χ4n) is 4.86. The van der Waals surface area contributed by atoms with Crippen LogP contribution in [0.1, 0.15) is 31.7 Å². The van der Waals surface area contributed by atoms with E-state index in [1.165, 1.54) is 5.56 Å². The predicted octanol–water partition coefficient (Wildman–Crippen LogP) is 2.62. The van der Waals surface area contributed by atoms with E-state index in [-0.39, 0.29) is 11.6 Å². The van der Waals surface area contributed by atoms with E-state index in [9.17, 15) is 4.79 Å². The summed E-state index contributed by atoms with van der Waals surface area (Å²) in [6.45, 7) is 5.75. The molecule has 1 aromatic rings.